The minimum atomic E-state index is -0.165. The Kier molecular flexibility index (Phi) is 5.28. The normalized spacial score (nSPS) is 13.3. The van der Waals surface area contributed by atoms with Crippen LogP contribution < -0.4 is 5.32 Å². The van der Waals surface area contributed by atoms with Gasteiger partial charge in [-0.05, 0) is 34.9 Å². The second-order valence-electron chi connectivity index (χ2n) is 6.13. The van der Waals surface area contributed by atoms with E-state index in [9.17, 15) is 4.79 Å². The summed E-state index contributed by atoms with van der Waals surface area (Å²) in [6.45, 7) is 0.750. The predicted molar refractivity (Wildman–Crippen MR) is 115 cm³/mol. The van der Waals surface area contributed by atoms with Gasteiger partial charge in [-0.2, -0.15) is 0 Å². The molecule has 0 aliphatic carbocycles. The fourth-order valence-corrected chi connectivity index (χ4v) is 3.89. The Morgan fingerprint density at radius 1 is 0.926 bits per heavy atom. The first-order chi connectivity index (χ1) is 13.2. The van der Waals surface area contributed by atoms with Gasteiger partial charge in [0.05, 0.1) is 6.54 Å². The summed E-state index contributed by atoms with van der Waals surface area (Å²) in [4.78, 5) is 16.7. The number of thioether (sulfide) groups is 1. The highest BCUT2D eigenvalue weighted by Crippen LogP contribution is 2.31. The van der Waals surface area contributed by atoms with E-state index in [1.807, 2.05) is 36.4 Å². The molecular weight excluding hydrogens is 376 g/mol. The largest absolute Gasteiger partial charge is 0.301 e. The third-order valence-corrected chi connectivity index (χ3v) is 5.56. The fraction of sp³-hybridized carbons (Fsp3) is 0.0909. The Labute approximate surface area is 167 Å². The van der Waals surface area contributed by atoms with Crippen molar-refractivity contribution < 1.29 is 4.79 Å². The lowest BCUT2D eigenvalue weighted by Crippen LogP contribution is -2.27. The summed E-state index contributed by atoms with van der Waals surface area (Å²) in [6.07, 6.45) is 0. The third kappa shape index (κ3) is 4.07. The van der Waals surface area contributed by atoms with Crippen LogP contribution in [0.2, 0.25) is 5.02 Å². The van der Waals surface area contributed by atoms with E-state index >= 15 is 0 Å². The number of benzene rings is 3. The van der Waals surface area contributed by atoms with E-state index in [0.717, 1.165) is 34.6 Å². The Balaban J connectivity index is 1.60. The summed E-state index contributed by atoms with van der Waals surface area (Å²) in [7, 11) is 0. The molecule has 1 amide bonds. The van der Waals surface area contributed by atoms with Gasteiger partial charge in [-0.1, -0.05) is 78.0 Å². The summed E-state index contributed by atoms with van der Waals surface area (Å²) >= 11 is 7.96. The van der Waals surface area contributed by atoms with Crippen LogP contribution in [0.25, 0.3) is 22.3 Å². The van der Waals surface area contributed by atoms with Crippen molar-refractivity contribution in [3.63, 3.8) is 0 Å². The van der Waals surface area contributed by atoms with Crippen LogP contribution in [0.3, 0.4) is 0 Å². The van der Waals surface area contributed by atoms with Gasteiger partial charge in [-0.25, -0.2) is 0 Å². The summed E-state index contributed by atoms with van der Waals surface area (Å²) in [6, 6.07) is 23.7. The molecule has 0 unspecified atom stereocenters. The fourth-order valence-electron chi connectivity index (χ4n) is 2.94. The first-order valence-electron chi connectivity index (χ1n) is 8.65. The van der Waals surface area contributed by atoms with E-state index in [1.54, 1.807) is 23.9 Å². The van der Waals surface area contributed by atoms with Crippen molar-refractivity contribution in [1.29, 1.82) is 0 Å². The minimum absolute atomic E-state index is 0.165. The van der Waals surface area contributed by atoms with E-state index in [0.29, 0.717) is 15.8 Å². The van der Waals surface area contributed by atoms with Gasteiger partial charge in [-0.15, -0.1) is 0 Å². The zero-order chi connectivity index (χ0) is 18.6. The van der Waals surface area contributed by atoms with Gasteiger partial charge < -0.3 is 5.32 Å². The standard InChI is InChI=1S/C22H17ClN2OS/c23-20-11-10-18(21(26)25-22-24-12-13-27-22)14-19(20)17-8-6-16(7-9-17)15-4-2-1-3-5-15/h1-11,14H,12-13H2,(H,24,25,26). The van der Waals surface area contributed by atoms with Gasteiger partial charge in [0.1, 0.15) is 0 Å². The second kappa shape index (κ2) is 7.99. The van der Waals surface area contributed by atoms with Crippen LogP contribution >= 0.6 is 23.4 Å². The summed E-state index contributed by atoms with van der Waals surface area (Å²) in [5.41, 5.74) is 4.68. The van der Waals surface area contributed by atoms with Crippen molar-refractivity contribution in [1.82, 2.24) is 5.32 Å². The zero-order valence-electron chi connectivity index (χ0n) is 14.5. The number of carbonyl (C=O) groups excluding carboxylic acids is 1. The van der Waals surface area contributed by atoms with Crippen LogP contribution in [0.4, 0.5) is 0 Å². The highest BCUT2D eigenvalue weighted by Gasteiger charge is 2.14. The van der Waals surface area contributed by atoms with Crippen LogP contribution in [0.15, 0.2) is 77.8 Å². The zero-order valence-corrected chi connectivity index (χ0v) is 16.1. The number of carbonyl (C=O) groups is 1. The van der Waals surface area contributed by atoms with Gasteiger partial charge in [0, 0.05) is 21.9 Å². The molecule has 4 rings (SSSR count). The molecule has 1 aliphatic rings. The number of nitrogens with zero attached hydrogens (tertiary/aromatic N) is 1. The molecule has 1 aliphatic heterocycles. The van der Waals surface area contributed by atoms with Crippen molar-refractivity contribution in [2.45, 2.75) is 0 Å². The van der Waals surface area contributed by atoms with Gasteiger partial charge in [-0.3, -0.25) is 9.79 Å². The number of amides is 1. The van der Waals surface area contributed by atoms with E-state index in [1.165, 1.54) is 0 Å². The molecule has 0 radical (unpaired) electrons. The molecule has 3 aromatic rings. The maximum atomic E-state index is 12.5. The van der Waals surface area contributed by atoms with E-state index in [-0.39, 0.29) is 5.91 Å². The SMILES string of the molecule is O=C(NC1=NCCS1)c1ccc(Cl)c(-c2ccc(-c3ccccc3)cc2)c1. The molecule has 0 saturated carbocycles. The van der Waals surface area contributed by atoms with Crippen LogP contribution in [-0.2, 0) is 0 Å². The van der Waals surface area contributed by atoms with Crippen molar-refractivity contribution in [2.75, 3.05) is 12.3 Å². The van der Waals surface area contributed by atoms with E-state index in [4.69, 9.17) is 11.6 Å². The second-order valence-corrected chi connectivity index (χ2v) is 7.62. The average molecular weight is 393 g/mol. The van der Waals surface area contributed by atoms with Gasteiger partial charge in [0.25, 0.3) is 5.91 Å². The molecule has 134 valence electrons. The number of halogens is 1. The summed E-state index contributed by atoms with van der Waals surface area (Å²) in [5.74, 6) is 0.747. The molecule has 1 heterocycles. The van der Waals surface area contributed by atoms with Crippen molar-refractivity contribution >= 4 is 34.4 Å². The number of rotatable bonds is 3. The molecule has 0 saturated heterocycles. The van der Waals surface area contributed by atoms with Crippen LogP contribution in [0.5, 0.6) is 0 Å². The maximum Gasteiger partial charge on any atom is 0.257 e. The molecule has 1 N–H and O–H groups in total. The molecule has 3 nitrogen and oxygen atoms in total. The molecule has 0 fully saturated rings. The highest BCUT2D eigenvalue weighted by atomic mass is 35.5. The van der Waals surface area contributed by atoms with Gasteiger partial charge in [0.15, 0.2) is 5.17 Å². The third-order valence-electron chi connectivity index (χ3n) is 4.34. The number of aliphatic imine (C=N–C) groups is 1. The molecular formula is C22H17ClN2OS. The Bertz CT molecular complexity index is 1000. The topological polar surface area (TPSA) is 41.5 Å². The Morgan fingerprint density at radius 2 is 1.63 bits per heavy atom. The average Bonchev–Trinajstić information content (AvgIpc) is 3.22. The molecule has 5 heteroatoms. The summed E-state index contributed by atoms with van der Waals surface area (Å²) in [5, 5.41) is 4.16. The van der Waals surface area contributed by atoms with Crippen LogP contribution in [0.1, 0.15) is 10.4 Å². The summed E-state index contributed by atoms with van der Waals surface area (Å²) < 4.78 is 0. The first-order valence-corrected chi connectivity index (χ1v) is 10.0. The quantitative estimate of drug-likeness (QED) is 0.638. The van der Waals surface area contributed by atoms with E-state index < -0.39 is 0 Å². The van der Waals surface area contributed by atoms with Gasteiger partial charge >= 0.3 is 0 Å². The monoisotopic (exact) mass is 392 g/mol. The van der Waals surface area contributed by atoms with Crippen LogP contribution in [0, 0.1) is 0 Å². The number of nitrogens with one attached hydrogen (secondary N) is 1. The molecule has 0 bridgehead atoms. The number of amidine groups is 1. The molecule has 27 heavy (non-hydrogen) atoms. The lowest BCUT2D eigenvalue weighted by molar-refractivity contribution is 0.0978. The lowest BCUT2D eigenvalue weighted by atomic mass is 9.99. The molecule has 0 spiro atoms. The minimum Gasteiger partial charge on any atom is -0.301 e. The maximum absolute atomic E-state index is 12.5. The Morgan fingerprint density at radius 3 is 2.33 bits per heavy atom. The smallest absolute Gasteiger partial charge is 0.257 e. The van der Waals surface area contributed by atoms with Gasteiger partial charge in [0.2, 0.25) is 0 Å². The molecule has 0 aromatic heterocycles. The first kappa shape index (κ1) is 17.8. The highest BCUT2D eigenvalue weighted by molar-refractivity contribution is 8.14. The van der Waals surface area contributed by atoms with E-state index in [2.05, 4.69) is 34.6 Å². The van der Waals surface area contributed by atoms with Crippen molar-refractivity contribution in [3.8, 4) is 22.3 Å². The van der Waals surface area contributed by atoms with Crippen molar-refractivity contribution in [3.05, 3.63) is 83.4 Å². The number of hydrogen-bond acceptors (Lipinski definition) is 3. The van der Waals surface area contributed by atoms with Crippen molar-refractivity contribution in [2.24, 2.45) is 4.99 Å². The van der Waals surface area contributed by atoms with Crippen LogP contribution in [-0.4, -0.2) is 23.4 Å². The molecule has 0 atom stereocenters. The predicted octanol–water partition coefficient (Wildman–Crippen LogP) is 5.51. The molecule has 3 aromatic carbocycles. The lowest BCUT2D eigenvalue weighted by Gasteiger charge is -2.10. The Hall–Kier alpha value is -2.56. The number of hydrogen-bond donors (Lipinski definition) is 1.